The van der Waals surface area contributed by atoms with Crippen LogP contribution in [-0.4, -0.2) is 12.5 Å². The number of nitrogens with one attached hydrogen (secondary N) is 1. The summed E-state index contributed by atoms with van der Waals surface area (Å²) in [5.41, 5.74) is 2.33. The lowest BCUT2D eigenvalue weighted by Crippen LogP contribution is -2.20. The SMILES string of the molecule is C=CCNC(=O)/C=C/c1ccc(C(C)C)cc1. The van der Waals surface area contributed by atoms with E-state index < -0.39 is 0 Å². The van der Waals surface area contributed by atoms with Gasteiger partial charge in [0.1, 0.15) is 0 Å². The summed E-state index contributed by atoms with van der Waals surface area (Å²) in [7, 11) is 0. The van der Waals surface area contributed by atoms with Gasteiger partial charge in [-0.15, -0.1) is 6.58 Å². The lowest BCUT2D eigenvalue weighted by atomic mass is 10.0. The van der Waals surface area contributed by atoms with Gasteiger partial charge in [-0.05, 0) is 23.1 Å². The van der Waals surface area contributed by atoms with Crippen molar-refractivity contribution < 1.29 is 4.79 Å². The molecule has 0 aliphatic carbocycles. The summed E-state index contributed by atoms with van der Waals surface area (Å²) in [4.78, 5) is 11.3. The highest BCUT2D eigenvalue weighted by molar-refractivity contribution is 5.91. The van der Waals surface area contributed by atoms with Gasteiger partial charge in [-0.1, -0.05) is 44.2 Å². The highest BCUT2D eigenvalue weighted by Crippen LogP contribution is 2.15. The van der Waals surface area contributed by atoms with E-state index in [1.54, 1.807) is 6.08 Å². The second-order valence-electron chi connectivity index (χ2n) is 4.19. The first kappa shape index (κ1) is 13.2. The zero-order chi connectivity index (χ0) is 12.7. The van der Waals surface area contributed by atoms with Crippen molar-refractivity contribution >= 4 is 12.0 Å². The molecule has 1 aromatic rings. The van der Waals surface area contributed by atoms with Crippen LogP contribution in [0.2, 0.25) is 0 Å². The van der Waals surface area contributed by atoms with Crippen molar-refractivity contribution in [3.8, 4) is 0 Å². The molecule has 1 aromatic carbocycles. The summed E-state index contributed by atoms with van der Waals surface area (Å²) in [6.45, 7) is 8.35. The number of benzene rings is 1. The Morgan fingerprint density at radius 1 is 1.35 bits per heavy atom. The quantitative estimate of drug-likeness (QED) is 0.610. The molecular weight excluding hydrogens is 210 g/mol. The lowest BCUT2D eigenvalue weighted by molar-refractivity contribution is -0.116. The predicted molar refractivity (Wildman–Crippen MR) is 72.8 cm³/mol. The van der Waals surface area contributed by atoms with Gasteiger partial charge in [0.05, 0.1) is 0 Å². The van der Waals surface area contributed by atoms with Crippen LogP contribution in [0.15, 0.2) is 43.0 Å². The van der Waals surface area contributed by atoms with E-state index >= 15 is 0 Å². The smallest absolute Gasteiger partial charge is 0.244 e. The summed E-state index contributed by atoms with van der Waals surface area (Å²) < 4.78 is 0. The number of carbonyl (C=O) groups is 1. The van der Waals surface area contributed by atoms with Gasteiger partial charge in [0, 0.05) is 12.6 Å². The van der Waals surface area contributed by atoms with Crippen molar-refractivity contribution in [2.24, 2.45) is 0 Å². The fraction of sp³-hybridized carbons (Fsp3) is 0.267. The maximum atomic E-state index is 11.3. The molecule has 1 rings (SSSR count). The Morgan fingerprint density at radius 2 is 2.00 bits per heavy atom. The van der Waals surface area contributed by atoms with E-state index in [4.69, 9.17) is 0 Å². The van der Waals surface area contributed by atoms with E-state index in [-0.39, 0.29) is 5.91 Å². The minimum absolute atomic E-state index is 0.0992. The molecule has 90 valence electrons. The van der Waals surface area contributed by atoms with Crippen molar-refractivity contribution in [1.29, 1.82) is 0 Å². The van der Waals surface area contributed by atoms with Crippen molar-refractivity contribution in [3.63, 3.8) is 0 Å². The van der Waals surface area contributed by atoms with Gasteiger partial charge in [-0.2, -0.15) is 0 Å². The molecular formula is C15H19NO. The largest absolute Gasteiger partial charge is 0.349 e. The number of carbonyl (C=O) groups excluding carboxylic acids is 1. The highest BCUT2D eigenvalue weighted by atomic mass is 16.1. The van der Waals surface area contributed by atoms with Crippen LogP contribution in [0.5, 0.6) is 0 Å². The number of hydrogen-bond acceptors (Lipinski definition) is 1. The fourth-order valence-electron chi connectivity index (χ4n) is 1.40. The summed E-state index contributed by atoms with van der Waals surface area (Å²) in [5, 5.41) is 2.69. The van der Waals surface area contributed by atoms with Crippen LogP contribution in [0.4, 0.5) is 0 Å². The third kappa shape index (κ3) is 4.68. The lowest BCUT2D eigenvalue weighted by Gasteiger charge is -2.04. The molecule has 0 aromatic heterocycles. The molecule has 17 heavy (non-hydrogen) atoms. The number of hydrogen-bond donors (Lipinski definition) is 1. The average molecular weight is 229 g/mol. The maximum Gasteiger partial charge on any atom is 0.244 e. The Hall–Kier alpha value is -1.83. The topological polar surface area (TPSA) is 29.1 Å². The van der Waals surface area contributed by atoms with Gasteiger partial charge in [0.15, 0.2) is 0 Å². The number of amides is 1. The molecule has 0 saturated heterocycles. The molecule has 0 radical (unpaired) electrons. The summed E-state index contributed by atoms with van der Waals surface area (Å²) in [6, 6.07) is 8.22. The zero-order valence-corrected chi connectivity index (χ0v) is 10.4. The van der Waals surface area contributed by atoms with Crippen molar-refractivity contribution in [1.82, 2.24) is 5.32 Å². The monoisotopic (exact) mass is 229 g/mol. The normalized spacial score (nSPS) is 10.8. The van der Waals surface area contributed by atoms with Crippen molar-refractivity contribution in [2.75, 3.05) is 6.54 Å². The molecule has 0 bridgehead atoms. The van der Waals surface area contributed by atoms with Crippen LogP contribution in [0, 0.1) is 0 Å². The van der Waals surface area contributed by atoms with Gasteiger partial charge in [-0.25, -0.2) is 0 Å². The third-order valence-corrected chi connectivity index (χ3v) is 2.45. The predicted octanol–water partition coefficient (Wildman–Crippen LogP) is 3.13. The minimum Gasteiger partial charge on any atom is -0.349 e. The molecule has 0 spiro atoms. The molecule has 0 heterocycles. The Bertz CT molecular complexity index is 401. The fourth-order valence-corrected chi connectivity index (χ4v) is 1.40. The molecule has 0 aliphatic rings. The van der Waals surface area contributed by atoms with Crippen LogP contribution in [-0.2, 0) is 4.79 Å². The Kier molecular flexibility index (Phi) is 5.21. The minimum atomic E-state index is -0.0992. The molecule has 2 heteroatoms. The van der Waals surface area contributed by atoms with Gasteiger partial charge >= 0.3 is 0 Å². The van der Waals surface area contributed by atoms with Crippen LogP contribution < -0.4 is 5.32 Å². The molecule has 0 fully saturated rings. The Morgan fingerprint density at radius 3 is 2.53 bits per heavy atom. The summed E-state index contributed by atoms with van der Waals surface area (Å²) >= 11 is 0. The Balaban J connectivity index is 2.59. The van der Waals surface area contributed by atoms with Crippen molar-refractivity contribution in [3.05, 3.63) is 54.1 Å². The van der Waals surface area contributed by atoms with E-state index in [1.165, 1.54) is 11.6 Å². The average Bonchev–Trinajstić information content (AvgIpc) is 2.34. The van der Waals surface area contributed by atoms with E-state index in [2.05, 4.69) is 37.9 Å². The van der Waals surface area contributed by atoms with E-state index in [9.17, 15) is 4.79 Å². The number of rotatable bonds is 5. The highest BCUT2D eigenvalue weighted by Gasteiger charge is 1.97. The maximum absolute atomic E-state index is 11.3. The molecule has 2 nitrogen and oxygen atoms in total. The molecule has 1 N–H and O–H groups in total. The first-order chi connectivity index (χ1) is 8.13. The van der Waals surface area contributed by atoms with Gasteiger partial charge in [0.25, 0.3) is 0 Å². The van der Waals surface area contributed by atoms with Crippen LogP contribution >= 0.6 is 0 Å². The third-order valence-electron chi connectivity index (χ3n) is 2.45. The first-order valence-corrected chi connectivity index (χ1v) is 5.80. The molecule has 1 amide bonds. The second kappa shape index (κ2) is 6.69. The molecule has 0 atom stereocenters. The molecule has 0 unspecified atom stereocenters. The van der Waals surface area contributed by atoms with Gasteiger partial charge < -0.3 is 5.32 Å². The van der Waals surface area contributed by atoms with E-state index in [1.807, 2.05) is 18.2 Å². The molecule has 0 aliphatic heterocycles. The van der Waals surface area contributed by atoms with Gasteiger partial charge in [-0.3, -0.25) is 4.79 Å². The first-order valence-electron chi connectivity index (χ1n) is 5.80. The Labute approximate surface area is 103 Å². The standard InChI is InChI=1S/C15H19NO/c1-4-11-16-15(17)10-7-13-5-8-14(9-6-13)12(2)3/h4-10,12H,1,11H2,2-3H3,(H,16,17)/b10-7+. The van der Waals surface area contributed by atoms with Crippen molar-refractivity contribution in [2.45, 2.75) is 19.8 Å². The molecule has 0 saturated carbocycles. The van der Waals surface area contributed by atoms with E-state index in [0.717, 1.165) is 5.56 Å². The van der Waals surface area contributed by atoms with Crippen LogP contribution in [0.25, 0.3) is 6.08 Å². The van der Waals surface area contributed by atoms with Crippen LogP contribution in [0.1, 0.15) is 30.9 Å². The van der Waals surface area contributed by atoms with Crippen LogP contribution in [0.3, 0.4) is 0 Å². The second-order valence-corrected chi connectivity index (χ2v) is 4.19. The van der Waals surface area contributed by atoms with E-state index in [0.29, 0.717) is 12.5 Å². The summed E-state index contributed by atoms with van der Waals surface area (Å²) in [6.07, 6.45) is 5.00. The van der Waals surface area contributed by atoms with Gasteiger partial charge in [0.2, 0.25) is 5.91 Å². The zero-order valence-electron chi connectivity index (χ0n) is 10.4. The summed E-state index contributed by atoms with van der Waals surface area (Å²) in [5.74, 6) is 0.432.